The van der Waals surface area contributed by atoms with Gasteiger partial charge in [0.25, 0.3) is 5.91 Å². The Balaban J connectivity index is 2.48. The molecule has 0 aromatic heterocycles. The fourth-order valence-electron chi connectivity index (χ4n) is 1.69. The predicted molar refractivity (Wildman–Crippen MR) is 75.4 cm³/mol. The summed E-state index contributed by atoms with van der Waals surface area (Å²) in [5.74, 6) is -0.117. The van der Waals surface area contributed by atoms with E-state index in [0.717, 1.165) is 19.6 Å². The molecule has 0 heterocycles. The van der Waals surface area contributed by atoms with Crippen molar-refractivity contribution >= 4 is 17.3 Å². The summed E-state index contributed by atoms with van der Waals surface area (Å²) in [5.41, 5.74) is 12.7. The molecule has 0 saturated carbocycles. The Bertz CT molecular complexity index is 402. The van der Waals surface area contributed by atoms with Crippen LogP contribution in [0, 0.1) is 0 Å². The van der Waals surface area contributed by atoms with Gasteiger partial charge in [0, 0.05) is 18.7 Å². The highest BCUT2D eigenvalue weighted by molar-refractivity contribution is 5.95. The second kappa shape index (κ2) is 6.86. The monoisotopic (exact) mass is 250 g/mol. The van der Waals surface area contributed by atoms with Gasteiger partial charge in [-0.25, -0.2) is 0 Å². The highest BCUT2D eigenvalue weighted by Crippen LogP contribution is 2.15. The van der Waals surface area contributed by atoms with Crippen molar-refractivity contribution in [2.75, 3.05) is 37.6 Å². The number of likely N-dealkylation sites (N-methyl/N-ethyl adjacent to an activating group) is 1. The Kier molecular flexibility index (Phi) is 5.45. The Morgan fingerprint density at radius 2 is 1.89 bits per heavy atom. The number of rotatable bonds is 6. The predicted octanol–water partition coefficient (Wildman–Crippen LogP) is 0.923. The van der Waals surface area contributed by atoms with Gasteiger partial charge in [-0.3, -0.25) is 4.79 Å². The fraction of sp³-hybridized carbons (Fsp3) is 0.462. The van der Waals surface area contributed by atoms with E-state index in [-0.39, 0.29) is 5.91 Å². The van der Waals surface area contributed by atoms with Gasteiger partial charge in [0.05, 0.1) is 11.4 Å². The first-order valence-electron chi connectivity index (χ1n) is 6.24. The van der Waals surface area contributed by atoms with Gasteiger partial charge >= 0.3 is 0 Å². The van der Waals surface area contributed by atoms with Crippen molar-refractivity contribution in [2.45, 2.75) is 13.8 Å². The van der Waals surface area contributed by atoms with Crippen molar-refractivity contribution in [3.8, 4) is 0 Å². The van der Waals surface area contributed by atoms with Gasteiger partial charge in [-0.1, -0.05) is 13.8 Å². The summed E-state index contributed by atoms with van der Waals surface area (Å²) in [5, 5.41) is 2.87. The van der Waals surface area contributed by atoms with Crippen LogP contribution in [0.1, 0.15) is 24.2 Å². The smallest absolute Gasteiger partial charge is 0.251 e. The molecule has 0 fully saturated rings. The number of carbonyl (C=O) groups is 1. The summed E-state index contributed by atoms with van der Waals surface area (Å²) < 4.78 is 0. The van der Waals surface area contributed by atoms with Crippen molar-refractivity contribution in [3.05, 3.63) is 23.8 Å². The summed E-state index contributed by atoms with van der Waals surface area (Å²) in [4.78, 5) is 14.1. The highest BCUT2D eigenvalue weighted by atomic mass is 16.1. The molecule has 1 aromatic rings. The van der Waals surface area contributed by atoms with E-state index in [2.05, 4.69) is 24.1 Å². The van der Waals surface area contributed by atoms with Crippen LogP contribution in [0.15, 0.2) is 18.2 Å². The van der Waals surface area contributed by atoms with E-state index >= 15 is 0 Å². The average molecular weight is 250 g/mol. The molecule has 5 heteroatoms. The Morgan fingerprint density at radius 3 is 2.44 bits per heavy atom. The van der Waals surface area contributed by atoms with Crippen LogP contribution in [-0.4, -0.2) is 37.0 Å². The Labute approximate surface area is 108 Å². The second-order valence-corrected chi connectivity index (χ2v) is 4.13. The molecule has 5 N–H and O–H groups in total. The molecule has 1 amide bonds. The maximum atomic E-state index is 11.8. The molecule has 0 bridgehead atoms. The number of nitrogens with zero attached hydrogens (tertiary/aromatic N) is 1. The average Bonchev–Trinajstić information content (AvgIpc) is 2.37. The molecule has 0 aliphatic heterocycles. The van der Waals surface area contributed by atoms with E-state index < -0.39 is 0 Å². The molecule has 0 aliphatic rings. The molecule has 0 aliphatic carbocycles. The molecule has 1 aromatic carbocycles. The van der Waals surface area contributed by atoms with Gasteiger partial charge < -0.3 is 21.7 Å². The van der Waals surface area contributed by atoms with Crippen LogP contribution >= 0.6 is 0 Å². The van der Waals surface area contributed by atoms with Crippen LogP contribution in [-0.2, 0) is 0 Å². The molecule has 0 radical (unpaired) electrons. The van der Waals surface area contributed by atoms with Gasteiger partial charge in [-0.2, -0.15) is 0 Å². The van der Waals surface area contributed by atoms with Crippen molar-refractivity contribution in [2.24, 2.45) is 0 Å². The lowest BCUT2D eigenvalue weighted by Crippen LogP contribution is -2.34. The first kappa shape index (κ1) is 14.3. The summed E-state index contributed by atoms with van der Waals surface area (Å²) in [6.45, 7) is 7.66. The number of anilines is 2. The van der Waals surface area contributed by atoms with Crippen LogP contribution < -0.4 is 16.8 Å². The van der Waals surface area contributed by atoms with Gasteiger partial charge in [0.15, 0.2) is 0 Å². The van der Waals surface area contributed by atoms with Crippen molar-refractivity contribution in [1.29, 1.82) is 0 Å². The molecule has 100 valence electrons. The summed E-state index contributed by atoms with van der Waals surface area (Å²) in [6, 6.07) is 4.93. The minimum Gasteiger partial charge on any atom is -0.397 e. The van der Waals surface area contributed by atoms with Crippen molar-refractivity contribution < 1.29 is 4.79 Å². The third-order valence-corrected chi connectivity index (χ3v) is 2.96. The van der Waals surface area contributed by atoms with Gasteiger partial charge in [0.2, 0.25) is 0 Å². The zero-order chi connectivity index (χ0) is 13.5. The molecule has 1 rings (SSSR count). The second-order valence-electron chi connectivity index (χ2n) is 4.13. The van der Waals surface area contributed by atoms with E-state index in [0.29, 0.717) is 23.5 Å². The van der Waals surface area contributed by atoms with Crippen LogP contribution in [0.25, 0.3) is 0 Å². The number of nitrogen functional groups attached to an aromatic ring is 2. The zero-order valence-electron chi connectivity index (χ0n) is 11.1. The first-order valence-corrected chi connectivity index (χ1v) is 6.24. The normalized spacial score (nSPS) is 10.6. The third kappa shape index (κ3) is 3.92. The lowest BCUT2D eigenvalue weighted by molar-refractivity contribution is 0.0949. The standard InChI is InChI=1S/C13H22N4O/c1-3-17(4-2)8-7-16-13(18)10-5-6-11(14)12(15)9-10/h5-6,9H,3-4,7-8,14-15H2,1-2H3,(H,16,18). The van der Waals surface area contributed by atoms with E-state index in [9.17, 15) is 4.79 Å². The SMILES string of the molecule is CCN(CC)CCNC(=O)c1ccc(N)c(N)c1. The molecule has 0 spiro atoms. The Morgan fingerprint density at radius 1 is 1.22 bits per heavy atom. The van der Waals surface area contributed by atoms with Gasteiger partial charge in [-0.15, -0.1) is 0 Å². The number of amides is 1. The number of carbonyl (C=O) groups excluding carboxylic acids is 1. The maximum absolute atomic E-state index is 11.8. The molecular formula is C13H22N4O. The number of nitrogens with two attached hydrogens (primary N) is 2. The minimum absolute atomic E-state index is 0.117. The number of hydrogen-bond acceptors (Lipinski definition) is 4. The van der Waals surface area contributed by atoms with Crippen LogP contribution in [0.4, 0.5) is 11.4 Å². The summed E-state index contributed by atoms with van der Waals surface area (Å²) in [7, 11) is 0. The largest absolute Gasteiger partial charge is 0.397 e. The molecule has 0 unspecified atom stereocenters. The molecule has 0 atom stereocenters. The molecule has 0 saturated heterocycles. The quantitative estimate of drug-likeness (QED) is 0.656. The summed E-state index contributed by atoms with van der Waals surface area (Å²) >= 11 is 0. The molecular weight excluding hydrogens is 228 g/mol. The lowest BCUT2D eigenvalue weighted by atomic mass is 10.1. The van der Waals surface area contributed by atoms with Crippen LogP contribution in [0.2, 0.25) is 0 Å². The minimum atomic E-state index is -0.117. The van der Waals surface area contributed by atoms with Gasteiger partial charge in [-0.05, 0) is 31.3 Å². The number of nitrogens with one attached hydrogen (secondary N) is 1. The maximum Gasteiger partial charge on any atom is 0.251 e. The number of hydrogen-bond donors (Lipinski definition) is 3. The van der Waals surface area contributed by atoms with E-state index in [4.69, 9.17) is 11.5 Å². The topological polar surface area (TPSA) is 84.4 Å². The van der Waals surface area contributed by atoms with E-state index in [1.165, 1.54) is 0 Å². The van der Waals surface area contributed by atoms with E-state index in [1.807, 2.05) is 0 Å². The van der Waals surface area contributed by atoms with Crippen molar-refractivity contribution in [1.82, 2.24) is 10.2 Å². The lowest BCUT2D eigenvalue weighted by Gasteiger charge is -2.18. The fourth-order valence-corrected chi connectivity index (χ4v) is 1.69. The summed E-state index contributed by atoms with van der Waals surface area (Å²) in [6.07, 6.45) is 0. The van der Waals surface area contributed by atoms with Gasteiger partial charge in [0.1, 0.15) is 0 Å². The zero-order valence-corrected chi connectivity index (χ0v) is 11.1. The van der Waals surface area contributed by atoms with E-state index in [1.54, 1.807) is 18.2 Å². The third-order valence-electron chi connectivity index (χ3n) is 2.96. The number of benzene rings is 1. The molecule has 18 heavy (non-hydrogen) atoms. The van der Waals surface area contributed by atoms with Crippen LogP contribution in [0.3, 0.4) is 0 Å². The van der Waals surface area contributed by atoms with Crippen LogP contribution in [0.5, 0.6) is 0 Å². The first-order chi connectivity index (χ1) is 8.58. The van der Waals surface area contributed by atoms with Crippen molar-refractivity contribution in [3.63, 3.8) is 0 Å². The Hall–Kier alpha value is -1.75. The molecule has 5 nitrogen and oxygen atoms in total. The highest BCUT2D eigenvalue weighted by Gasteiger charge is 2.07.